The molecular formula is C14H10ClFN4O2. The molecule has 112 valence electrons. The molecule has 0 radical (unpaired) electrons. The second kappa shape index (κ2) is 5.61. The number of amides is 1. The van der Waals surface area contributed by atoms with E-state index in [4.69, 9.17) is 11.6 Å². The Morgan fingerprint density at radius 1 is 1.32 bits per heavy atom. The largest absolute Gasteiger partial charge is 0.350 e. The second-order valence-electron chi connectivity index (χ2n) is 4.54. The summed E-state index contributed by atoms with van der Waals surface area (Å²) in [6, 6.07) is 8.96. The van der Waals surface area contributed by atoms with Gasteiger partial charge in [-0.3, -0.25) is 9.20 Å². The van der Waals surface area contributed by atoms with Crippen molar-refractivity contribution in [2.24, 2.45) is 0 Å². The van der Waals surface area contributed by atoms with Gasteiger partial charge in [0.1, 0.15) is 12.4 Å². The number of hydrogen-bond acceptors (Lipinski definition) is 3. The molecule has 0 saturated heterocycles. The topological polar surface area (TPSA) is 68.4 Å². The van der Waals surface area contributed by atoms with Crippen LogP contribution in [-0.4, -0.2) is 20.1 Å². The first-order valence-electron chi connectivity index (χ1n) is 6.34. The van der Waals surface area contributed by atoms with E-state index in [0.29, 0.717) is 5.65 Å². The summed E-state index contributed by atoms with van der Waals surface area (Å²) in [6.07, 6.45) is 1.55. The Labute approximate surface area is 128 Å². The lowest BCUT2D eigenvalue weighted by molar-refractivity contribution is -0.117. The number of anilines is 1. The monoisotopic (exact) mass is 320 g/mol. The number of carbonyl (C=O) groups excluding carboxylic acids is 1. The van der Waals surface area contributed by atoms with Crippen molar-refractivity contribution in [2.45, 2.75) is 6.54 Å². The molecule has 2 heterocycles. The van der Waals surface area contributed by atoms with Crippen LogP contribution in [0.2, 0.25) is 5.02 Å². The third-order valence-electron chi connectivity index (χ3n) is 2.99. The van der Waals surface area contributed by atoms with Crippen molar-refractivity contribution in [3.05, 3.63) is 63.9 Å². The number of nitrogens with zero attached hydrogens (tertiary/aromatic N) is 3. The van der Waals surface area contributed by atoms with Crippen LogP contribution in [0.1, 0.15) is 0 Å². The van der Waals surface area contributed by atoms with Crippen LogP contribution in [0.25, 0.3) is 5.65 Å². The van der Waals surface area contributed by atoms with Crippen LogP contribution in [0.3, 0.4) is 0 Å². The van der Waals surface area contributed by atoms with E-state index in [9.17, 15) is 14.0 Å². The molecule has 0 atom stereocenters. The quantitative estimate of drug-likeness (QED) is 0.801. The number of halogens is 2. The Kier molecular flexibility index (Phi) is 3.64. The predicted octanol–water partition coefficient (Wildman–Crippen LogP) is 1.93. The van der Waals surface area contributed by atoms with Crippen molar-refractivity contribution >= 4 is 28.8 Å². The van der Waals surface area contributed by atoms with E-state index in [-0.39, 0.29) is 17.3 Å². The molecule has 0 saturated carbocycles. The average Bonchev–Trinajstić information content (AvgIpc) is 2.79. The molecule has 0 aliphatic heterocycles. The Hall–Kier alpha value is -2.67. The summed E-state index contributed by atoms with van der Waals surface area (Å²) in [6.45, 7) is -0.317. The van der Waals surface area contributed by atoms with Crippen molar-refractivity contribution in [3.8, 4) is 0 Å². The molecule has 0 bridgehead atoms. The lowest BCUT2D eigenvalue weighted by atomic mass is 10.3. The lowest BCUT2D eigenvalue weighted by Crippen LogP contribution is -2.28. The summed E-state index contributed by atoms with van der Waals surface area (Å²) >= 11 is 5.64. The number of fused-ring (bicyclic) bond motifs is 1. The Morgan fingerprint density at radius 3 is 2.86 bits per heavy atom. The van der Waals surface area contributed by atoms with Crippen molar-refractivity contribution in [1.82, 2.24) is 14.2 Å². The smallest absolute Gasteiger partial charge is 0.322 e. The van der Waals surface area contributed by atoms with Gasteiger partial charge in [0.25, 0.3) is 0 Å². The van der Waals surface area contributed by atoms with Crippen LogP contribution in [-0.2, 0) is 11.3 Å². The molecule has 8 heteroatoms. The van der Waals surface area contributed by atoms with Gasteiger partial charge < -0.3 is 5.32 Å². The lowest BCUT2D eigenvalue weighted by Gasteiger charge is -2.06. The van der Waals surface area contributed by atoms with Crippen molar-refractivity contribution in [2.75, 3.05) is 5.32 Å². The molecule has 0 aliphatic rings. The maximum Gasteiger partial charge on any atom is 0.350 e. The number of pyridine rings is 1. The second-order valence-corrected chi connectivity index (χ2v) is 4.98. The number of benzene rings is 1. The van der Waals surface area contributed by atoms with E-state index in [1.165, 1.54) is 16.5 Å². The Balaban J connectivity index is 1.81. The SMILES string of the molecule is O=C(Cn1nc2ccccn2c1=O)Nc1ccc(Cl)cc1F. The van der Waals surface area contributed by atoms with Gasteiger partial charge in [0.15, 0.2) is 5.65 Å². The highest BCUT2D eigenvalue weighted by molar-refractivity contribution is 6.30. The fourth-order valence-electron chi connectivity index (χ4n) is 1.99. The number of carbonyl (C=O) groups is 1. The van der Waals surface area contributed by atoms with E-state index in [1.807, 2.05) is 0 Å². The molecule has 1 amide bonds. The Morgan fingerprint density at radius 2 is 2.14 bits per heavy atom. The highest BCUT2D eigenvalue weighted by atomic mass is 35.5. The van der Waals surface area contributed by atoms with Crippen molar-refractivity contribution < 1.29 is 9.18 Å². The van der Waals surface area contributed by atoms with Gasteiger partial charge in [0.2, 0.25) is 5.91 Å². The maximum atomic E-state index is 13.6. The number of aromatic nitrogens is 3. The first-order chi connectivity index (χ1) is 10.5. The predicted molar refractivity (Wildman–Crippen MR) is 79.5 cm³/mol. The van der Waals surface area contributed by atoms with Crippen molar-refractivity contribution in [3.63, 3.8) is 0 Å². The molecule has 0 spiro atoms. The zero-order valence-electron chi connectivity index (χ0n) is 11.2. The summed E-state index contributed by atoms with van der Waals surface area (Å²) in [7, 11) is 0. The van der Waals surface area contributed by atoms with Gasteiger partial charge in [-0.25, -0.2) is 13.9 Å². The standard InChI is InChI=1S/C14H10ClFN4O2/c15-9-4-5-11(10(16)7-9)17-13(21)8-20-14(22)19-6-2-1-3-12(19)18-20/h1-7H,8H2,(H,17,21). The van der Waals surface area contributed by atoms with E-state index in [0.717, 1.165) is 10.7 Å². The van der Waals surface area contributed by atoms with Crippen LogP contribution >= 0.6 is 11.6 Å². The zero-order valence-corrected chi connectivity index (χ0v) is 11.9. The molecular weight excluding hydrogens is 311 g/mol. The molecule has 3 aromatic rings. The summed E-state index contributed by atoms with van der Waals surface area (Å²) < 4.78 is 15.9. The molecule has 22 heavy (non-hydrogen) atoms. The van der Waals surface area contributed by atoms with Gasteiger partial charge in [-0.2, -0.15) is 0 Å². The van der Waals surface area contributed by atoms with E-state index >= 15 is 0 Å². The first-order valence-corrected chi connectivity index (χ1v) is 6.71. The molecule has 0 unspecified atom stereocenters. The zero-order chi connectivity index (χ0) is 15.7. The van der Waals surface area contributed by atoms with Gasteiger partial charge in [-0.1, -0.05) is 17.7 Å². The highest BCUT2D eigenvalue weighted by Crippen LogP contribution is 2.18. The fraction of sp³-hybridized carbons (Fsp3) is 0.0714. The van der Waals surface area contributed by atoms with Crippen LogP contribution < -0.4 is 11.0 Å². The van der Waals surface area contributed by atoms with Crippen LogP contribution in [0.4, 0.5) is 10.1 Å². The van der Waals surface area contributed by atoms with Crippen molar-refractivity contribution in [1.29, 1.82) is 0 Å². The minimum Gasteiger partial charge on any atom is -0.322 e. The molecule has 0 aliphatic carbocycles. The summed E-state index contributed by atoms with van der Waals surface area (Å²) in [5, 5.41) is 6.63. The molecule has 1 N–H and O–H groups in total. The van der Waals surface area contributed by atoms with Crippen LogP contribution in [0.5, 0.6) is 0 Å². The minimum absolute atomic E-state index is 0.00814. The third-order valence-corrected chi connectivity index (χ3v) is 3.22. The van der Waals surface area contributed by atoms with E-state index in [1.54, 1.807) is 24.4 Å². The molecule has 1 aromatic carbocycles. The third kappa shape index (κ3) is 2.71. The van der Waals surface area contributed by atoms with E-state index in [2.05, 4.69) is 10.4 Å². The van der Waals surface area contributed by atoms with Gasteiger partial charge >= 0.3 is 5.69 Å². The van der Waals surface area contributed by atoms with Gasteiger partial charge in [-0.05, 0) is 30.3 Å². The summed E-state index contributed by atoms with van der Waals surface area (Å²) in [4.78, 5) is 23.9. The normalized spacial score (nSPS) is 10.8. The number of nitrogens with one attached hydrogen (secondary N) is 1. The van der Waals surface area contributed by atoms with E-state index < -0.39 is 17.4 Å². The molecule has 0 fully saturated rings. The van der Waals surface area contributed by atoms with Gasteiger partial charge in [0.05, 0.1) is 5.69 Å². The summed E-state index contributed by atoms with van der Waals surface area (Å²) in [5.41, 5.74) is -0.0217. The van der Waals surface area contributed by atoms with Gasteiger partial charge in [-0.15, -0.1) is 5.10 Å². The maximum absolute atomic E-state index is 13.6. The molecule has 2 aromatic heterocycles. The number of hydrogen-bond donors (Lipinski definition) is 1. The minimum atomic E-state index is -0.650. The highest BCUT2D eigenvalue weighted by Gasteiger charge is 2.12. The summed E-state index contributed by atoms with van der Waals surface area (Å²) in [5.74, 6) is -1.21. The average molecular weight is 321 g/mol. The first kappa shape index (κ1) is 14.3. The number of rotatable bonds is 3. The molecule has 6 nitrogen and oxygen atoms in total. The fourth-order valence-corrected chi connectivity index (χ4v) is 2.15. The molecule has 3 rings (SSSR count). The van der Waals surface area contributed by atoms with Crippen LogP contribution in [0, 0.1) is 5.82 Å². The Bertz CT molecular complexity index is 919. The van der Waals surface area contributed by atoms with Gasteiger partial charge in [0, 0.05) is 11.2 Å². The van der Waals surface area contributed by atoms with Crippen LogP contribution in [0.15, 0.2) is 47.4 Å².